The lowest BCUT2D eigenvalue weighted by atomic mass is 10.2. The highest BCUT2D eigenvalue weighted by Gasteiger charge is 2.24. The summed E-state index contributed by atoms with van der Waals surface area (Å²) in [4.78, 5) is 17.6. The fourth-order valence-corrected chi connectivity index (χ4v) is 4.40. The van der Waals surface area contributed by atoms with Crippen LogP contribution in [0.5, 0.6) is 0 Å². The minimum absolute atomic E-state index is 0.131. The van der Waals surface area contributed by atoms with Gasteiger partial charge in [0.05, 0.1) is 10.6 Å². The zero-order valence-corrected chi connectivity index (χ0v) is 17.9. The van der Waals surface area contributed by atoms with Crippen molar-refractivity contribution in [1.29, 1.82) is 0 Å². The van der Waals surface area contributed by atoms with Gasteiger partial charge in [0.1, 0.15) is 0 Å². The standard InChI is InChI=1S/C23H20ClN3OS/c1-14-6-4-8-19(10-14)25-23-26-22(28)21(29-23)12-17-11-15(2)27(16(17)3)20-9-5-7-18(24)13-20/h4-13H,1-3H3,(H,25,26,28)/b21-12-. The first-order valence-corrected chi connectivity index (χ1v) is 10.4. The van der Waals surface area contributed by atoms with Crippen molar-refractivity contribution in [3.63, 3.8) is 0 Å². The second-order valence-electron chi connectivity index (χ2n) is 6.96. The van der Waals surface area contributed by atoms with Crippen LogP contribution in [0, 0.1) is 20.8 Å². The first kappa shape index (κ1) is 19.6. The van der Waals surface area contributed by atoms with Gasteiger partial charge in [0.2, 0.25) is 0 Å². The summed E-state index contributed by atoms with van der Waals surface area (Å²) in [6.07, 6.45) is 1.92. The van der Waals surface area contributed by atoms with Gasteiger partial charge in [-0.15, -0.1) is 0 Å². The Hall–Kier alpha value is -2.76. The van der Waals surface area contributed by atoms with E-state index < -0.39 is 0 Å². The van der Waals surface area contributed by atoms with Crippen LogP contribution in [0.15, 0.2) is 64.5 Å². The van der Waals surface area contributed by atoms with Crippen molar-refractivity contribution >= 4 is 46.2 Å². The number of carbonyl (C=O) groups is 1. The van der Waals surface area contributed by atoms with E-state index in [1.165, 1.54) is 11.8 Å². The molecule has 1 aromatic heterocycles. The molecule has 0 unspecified atom stereocenters. The third-order valence-corrected chi connectivity index (χ3v) is 5.85. The summed E-state index contributed by atoms with van der Waals surface area (Å²) < 4.78 is 2.14. The van der Waals surface area contributed by atoms with Gasteiger partial charge in [0.25, 0.3) is 5.91 Å². The molecule has 4 rings (SSSR count). The zero-order valence-electron chi connectivity index (χ0n) is 16.4. The summed E-state index contributed by atoms with van der Waals surface area (Å²) in [5, 5.41) is 4.14. The lowest BCUT2D eigenvalue weighted by molar-refractivity contribution is -0.115. The molecular formula is C23H20ClN3OS. The van der Waals surface area contributed by atoms with Gasteiger partial charge in [-0.3, -0.25) is 4.79 Å². The zero-order chi connectivity index (χ0) is 20.5. The Kier molecular flexibility index (Phi) is 5.35. The van der Waals surface area contributed by atoms with Crippen LogP contribution in [0.4, 0.5) is 5.69 Å². The Labute approximate surface area is 179 Å². The Bertz CT molecular complexity index is 1180. The van der Waals surface area contributed by atoms with Gasteiger partial charge in [-0.2, -0.15) is 0 Å². The number of nitrogens with zero attached hydrogens (tertiary/aromatic N) is 2. The number of hydrogen-bond donors (Lipinski definition) is 1. The Morgan fingerprint density at radius 1 is 1.07 bits per heavy atom. The van der Waals surface area contributed by atoms with Crippen molar-refractivity contribution in [2.45, 2.75) is 20.8 Å². The van der Waals surface area contributed by atoms with Crippen LogP contribution < -0.4 is 5.32 Å². The van der Waals surface area contributed by atoms with E-state index in [1.54, 1.807) is 0 Å². The number of aliphatic imine (C=N–C) groups is 1. The molecule has 29 heavy (non-hydrogen) atoms. The number of carbonyl (C=O) groups excluding carboxylic acids is 1. The lowest BCUT2D eigenvalue weighted by Crippen LogP contribution is -2.19. The van der Waals surface area contributed by atoms with Crippen LogP contribution in [0.3, 0.4) is 0 Å². The summed E-state index contributed by atoms with van der Waals surface area (Å²) >= 11 is 7.52. The molecule has 1 amide bonds. The lowest BCUT2D eigenvalue weighted by Gasteiger charge is -2.09. The largest absolute Gasteiger partial charge is 0.318 e. The molecule has 6 heteroatoms. The van der Waals surface area contributed by atoms with Crippen LogP contribution >= 0.6 is 23.4 Å². The van der Waals surface area contributed by atoms with Crippen LogP contribution in [-0.2, 0) is 4.79 Å². The predicted molar refractivity (Wildman–Crippen MR) is 122 cm³/mol. The molecule has 1 saturated heterocycles. The summed E-state index contributed by atoms with van der Waals surface area (Å²) in [6, 6.07) is 17.7. The minimum Gasteiger partial charge on any atom is -0.318 e. The van der Waals surface area contributed by atoms with Crippen LogP contribution in [0.2, 0.25) is 5.02 Å². The number of aromatic nitrogens is 1. The van der Waals surface area contributed by atoms with Crippen LogP contribution in [-0.4, -0.2) is 15.6 Å². The number of nitrogens with one attached hydrogen (secondary N) is 1. The summed E-state index contributed by atoms with van der Waals surface area (Å²) in [6.45, 7) is 6.10. The van der Waals surface area contributed by atoms with Crippen molar-refractivity contribution < 1.29 is 4.79 Å². The first-order valence-electron chi connectivity index (χ1n) is 9.22. The van der Waals surface area contributed by atoms with E-state index in [0.717, 1.165) is 33.9 Å². The van der Waals surface area contributed by atoms with Gasteiger partial charge in [0.15, 0.2) is 5.17 Å². The van der Waals surface area contributed by atoms with E-state index in [-0.39, 0.29) is 5.91 Å². The molecule has 1 aliphatic rings. The molecule has 2 heterocycles. The van der Waals surface area contributed by atoms with Crippen molar-refractivity contribution in [3.05, 3.63) is 87.0 Å². The Morgan fingerprint density at radius 2 is 1.86 bits per heavy atom. The van der Waals surface area contributed by atoms with E-state index in [2.05, 4.69) is 20.9 Å². The van der Waals surface area contributed by atoms with E-state index in [4.69, 9.17) is 11.6 Å². The highest BCUT2D eigenvalue weighted by molar-refractivity contribution is 8.18. The predicted octanol–water partition coefficient (Wildman–Crippen LogP) is 5.95. The third kappa shape index (κ3) is 4.16. The molecule has 4 nitrogen and oxygen atoms in total. The molecule has 3 aromatic rings. The number of aryl methyl sites for hydroxylation is 2. The minimum atomic E-state index is -0.131. The average molecular weight is 422 g/mol. The maximum absolute atomic E-state index is 12.5. The smallest absolute Gasteiger partial charge is 0.264 e. The summed E-state index contributed by atoms with van der Waals surface area (Å²) in [5.74, 6) is -0.131. The summed E-state index contributed by atoms with van der Waals surface area (Å²) in [7, 11) is 0. The Morgan fingerprint density at radius 3 is 2.62 bits per heavy atom. The number of benzene rings is 2. The van der Waals surface area contributed by atoms with Gasteiger partial charge in [-0.05, 0) is 86.1 Å². The topological polar surface area (TPSA) is 46.4 Å². The monoisotopic (exact) mass is 421 g/mol. The highest BCUT2D eigenvalue weighted by atomic mass is 35.5. The normalized spacial score (nSPS) is 16.6. The first-order chi connectivity index (χ1) is 13.9. The molecular weight excluding hydrogens is 402 g/mol. The van der Waals surface area contributed by atoms with Crippen molar-refractivity contribution in [3.8, 4) is 5.69 Å². The number of hydrogen-bond acceptors (Lipinski definition) is 3. The fraction of sp³-hybridized carbons (Fsp3) is 0.130. The van der Waals surface area contributed by atoms with Crippen molar-refractivity contribution in [1.82, 2.24) is 9.88 Å². The second-order valence-corrected chi connectivity index (χ2v) is 8.43. The summed E-state index contributed by atoms with van der Waals surface area (Å²) in [5.41, 5.74) is 6.08. The number of rotatable bonds is 3. The van der Waals surface area contributed by atoms with Gasteiger partial charge in [-0.1, -0.05) is 29.8 Å². The molecule has 1 fully saturated rings. The molecule has 0 saturated carbocycles. The van der Waals surface area contributed by atoms with Crippen LogP contribution in [0.25, 0.3) is 11.8 Å². The number of amides is 1. The fourth-order valence-electron chi connectivity index (χ4n) is 3.38. The molecule has 0 bridgehead atoms. The van der Waals surface area contributed by atoms with Gasteiger partial charge in [-0.25, -0.2) is 4.99 Å². The average Bonchev–Trinajstić information content (AvgIpc) is 3.14. The highest BCUT2D eigenvalue weighted by Crippen LogP contribution is 2.31. The molecule has 1 aliphatic heterocycles. The molecule has 146 valence electrons. The van der Waals surface area contributed by atoms with E-state index in [9.17, 15) is 4.79 Å². The van der Waals surface area contributed by atoms with E-state index >= 15 is 0 Å². The third-order valence-electron chi connectivity index (χ3n) is 4.71. The SMILES string of the molecule is Cc1cccc(N=C2NC(=O)/C(=C/c3cc(C)n(-c4cccc(Cl)c4)c3C)S2)c1. The Balaban J connectivity index is 1.65. The second kappa shape index (κ2) is 7.93. The molecule has 0 radical (unpaired) electrons. The van der Waals surface area contributed by atoms with Crippen LogP contribution in [0.1, 0.15) is 22.5 Å². The van der Waals surface area contributed by atoms with Gasteiger partial charge < -0.3 is 9.88 Å². The van der Waals surface area contributed by atoms with Gasteiger partial charge >= 0.3 is 0 Å². The molecule has 0 aliphatic carbocycles. The number of thioether (sulfide) groups is 1. The van der Waals surface area contributed by atoms with Crippen molar-refractivity contribution in [2.75, 3.05) is 0 Å². The maximum Gasteiger partial charge on any atom is 0.264 e. The number of halogens is 1. The maximum atomic E-state index is 12.5. The quantitative estimate of drug-likeness (QED) is 0.531. The van der Waals surface area contributed by atoms with Crippen molar-refractivity contribution in [2.24, 2.45) is 4.99 Å². The molecule has 0 spiro atoms. The number of amidine groups is 1. The molecule has 2 aromatic carbocycles. The van der Waals surface area contributed by atoms with E-state index in [1.807, 2.05) is 75.4 Å². The molecule has 1 N–H and O–H groups in total. The van der Waals surface area contributed by atoms with E-state index in [0.29, 0.717) is 15.1 Å². The van der Waals surface area contributed by atoms with Gasteiger partial charge in [0, 0.05) is 22.1 Å². The molecule has 0 atom stereocenters.